The monoisotopic (exact) mass is 681 g/mol. The zero-order chi connectivity index (χ0) is 31.7. The van der Waals surface area contributed by atoms with E-state index in [-0.39, 0.29) is 29.7 Å². The van der Waals surface area contributed by atoms with E-state index in [1.165, 1.54) is 10.9 Å². The average Bonchev–Trinajstić information content (AvgIpc) is 3.53. The van der Waals surface area contributed by atoms with Crippen molar-refractivity contribution in [2.75, 3.05) is 25.6 Å². The van der Waals surface area contributed by atoms with Gasteiger partial charge in [0.2, 0.25) is 0 Å². The molecule has 0 spiro atoms. The largest absolute Gasteiger partial charge is 0.464 e. The van der Waals surface area contributed by atoms with E-state index in [4.69, 9.17) is 42.1 Å². The highest BCUT2D eigenvalue weighted by Crippen LogP contribution is 2.55. The molecule has 2 unspecified atom stereocenters. The Morgan fingerprint density at radius 2 is 1.82 bits per heavy atom. The Morgan fingerprint density at radius 3 is 2.53 bits per heavy atom. The van der Waals surface area contributed by atoms with Crippen LogP contribution in [0.15, 0.2) is 71.8 Å². The van der Waals surface area contributed by atoms with E-state index in [0.29, 0.717) is 22.4 Å². The van der Waals surface area contributed by atoms with Crippen molar-refractivity contribution in [2.24, 2.45) is 0 Å². The molecule has 0 bridgehead atoms. The zero-order valence-corrected chi connectivity index (χ0v) is 26.2. The molecule has 238 valence electrons. The summed E-state index contributed by atoms with van der Waals surface area (Å²) in [5, 5.41) is 9.08. The predicted octanol–water partition coefficient (Wildman–Crippen LogP) is 6.72. The van der Waals surface area contributed by atoms with Crippen LogP contribution in [-0.2, 0) is 23.7 Å². The van der Waals surface area contributed by atoms with Crippen molar-refractivity contribution in [1.82, 2.24) is 15.0 Å². The Balaban J connectivity index is 1.42. The minimum Gasteiger partial charge on any atom is -0.464 e. The van der Waals surface area contributed by atoms with Gasteiger partial charge in [0.15, 0.2) is 23.7 Å². The Hall–Kier alpha value is -3.13. The van der Waals surface area contributed by atoms with Crippen molar-refractivity contribution in [3.8, 4) is 11.3 Å². The second kappa shape index (κ2) is 13.7. The van der Waals surface area contributed by atoms with Crippen LogP contribution in [0.25, 0.3) is 11.3 Å². The molecule has 2 saturated heterocycles. The molecule has 0 aliphatic carbocycles. The Bertz CT molecular complexity index is 1660. The third-order valence-corrected chi connectivity index (χ3v) is 11.4. The van der Waals surface area contributed by atoms with Gasteiger partial charge in [-0.3, -0.25) is 0 Å². The molecule has 0 amide bonds. The van der Waals surface area contributed by atoms with Gasteiger partial charge in [-0.2, -0.15) is 0 Å². The molecule has 0 saturated carbocycles. The fourth-order valence-corrected chi connectivity index (χ4v) is 9.01. The third kappa shape index (κ3) is 6.72. The summed E-state index contributed by atoms with van der Waals surface area (Å²) < 4.78 is 67.6. The third-order valence-electron chi connectivity index (χ3n) is 7.70. The quantitative estimate of drug-likeness (QED) is 0.126. The first-order valence-corrected chi connectivity index (χ1v) is 16.5. The van der Waals surface area contributed by atoms with E-state index >= 15 is 0 Å². The summed E-state index contributed by atoms with van der Waals surface area (Å²) in [5.41, 5.74) is 0.916. The lowest BCUT2D eigenvalue weighted by atomic mass is 10.00. The molecule has 3 aromatic carbocycles. The van der Waals surface area contributed by atoms with Crippen LogP contribution in [0.3, 0.4) is 0 Å². The number of carbonyl (C=O) groups excluding carboxylic acids is 1. The maximum absolute atomic E-state index is 14.1. The van der Waals surface area contributed by atoms with Crippen molar-refractivity contribution >= 4 is 40.1 Å². The molecular weight excluding hydrogens is 654 g/mol. The maximum Gasteiger partial charge on any atom is 0.332 e. The lowest BCUT2D eigenvalue weighted by Gasteiger charge is -2.51. The minimum atomic E-state index is -1.58. The van der Waals surface area contributed by atoms with Gasteiger partial charge in [0.1, 0.15) is 18.3 Å². The number of aromatic nitrogens is 3. The minimum absolute atomic E-state index is 0.00196. The number of carbonyl (C=O) groups is 1. The van der Waals surface area contributed by atoms with Crippen molar-refractivity contribution in [3.05, 3.63) is 99.9 Å². The maximum atomic E-state index is 14.1. The van der Waals surface area contributed by atoms with Crippen molar-refractivity contribution in [2.45, 2.75) is 41.6 Å². The number of nitrogens with zero attached hydrogens (tertiary/aromatic N) is 3. The molecular formula is C31H28Cl2F3N3O5S. The Morgan fingerprint density at radius 1 is 1.07 bits per heavy atom. The number of ether oxygens (including phenoxy) is 4. The molecule has 4 aromatic rings. The number of thiol groups is 1. The van der Waals surface area contributed by atoms with E-state index < -0.39 is 58.9 Å². The Labute approximate surface area is 269 Å². The topological polar surface area (TPSA) is 84.7 Å². The highest BCUT2D eigenvalue weighted by Gasteiger charge is 2.50. The van der Waals surface area contributed by atoms with Gasteiger partial charge in [-0.1, -0.05) is 58.7 Å². The number of hydrogen-bond acceptors (Lipinski definition) is 7. The Kier molecular flexibility index (Phi) is 9.69. The molecule has 6 atom stereocenters. The van der Waals surface area contributed by atoms with Crippen molar-refractivity contribution in [1.29, 1.82) is 0 Å². The van der Waals surface area contributed by atoms with E-state index in [9.17, 15) is 18.0 Å². The molecule has 8 nitrogen and oxygen atoms in total. The summed E-state index contributed by atoms with van der Waals surface area (Å²) in [4.78, 5) is 13.3. The standard InChI is InChI=1S/C31H28Cl2F3N3O5S/c1-2-41-27(40)15-42-25-16-45(19-8-9-20(32)21(33)12-19)26-14-43-31(17-6-4-3-5-7-17)44-30(26)29(25)39-13-24(37-38-39)18-10-22(34)28(36)23(35)11-18/h3-13,25-26,29-31,45H,2,14-16H2,1H3/t25-,26+,29-,30-,31?/m0/s1. The number of halogens is 5. The molecule has 45 heavy (non-hydrogen) atoms. The van der Waals surface area contributed by atoms with Gasteiger partial charge >= 0.3 is 5.97 Å². The molecule has 0 N–H and O–H groups in total. The fraction of sp³-hybridized carbons (Fsp3) is 0.323. The summed E-state index contributed by atoms with van der Waals surface area (Å²) in [7, 11) is -1.06. The molecule has 14 heteroatoms. The van der Waals surface area contributed by atoms with Crippen LogP contribution in [0.4, 0.5) is 13.2 Å². The smallest absolute Gasteiger partial charge is 0.332 e. The van der Waals surface area contributed by atoms with Crippen LogP contribution < -0.4 is 0 Å². The lowest BCUT2D eigenvalue weighted by molar-refractivity contribution is -0.234. The average molecular weight is 683 g/mol. The first-order chi connectivity index (χ1) is 21.7. The van der Waals surface area contributed by atoms with Crippen LogP contribution in [0.1, 0.15) is 24.8 Å². The normalized spacial score (nSPS) is 25.5. The second-order valence-corrected chi connectivity index (χ2v) is 13.8. The SMILES string of the molecule is CCOC(=O)CO[C@H]1C[SH](c2ccc(Cl)c(Cl)c2)[C@@H]2COC(c3ccccc3)O[C@@H]2[C@H]1n1cc(-c2cc(F)c(F)c(F)c2)nn1. The first-order valence-electron chi connectivity index (χ1n) is 14.1. The summed E-state index contributed by atoms with van der Waals surface area (Å²) >= 11 is 12.7. The summed E-state index contributed by atoms with van der Waals surface area (Å²) in [5.74, 6) is -4.36. The molecule has 6 rings (SSSR count). The summed E-state index contributed by atoms with van der Waals surface area (Å²) in [6, 6.07) is 16.0. The van der Waals surface area contributed by atoms with Crippen molar-refractivity contribution < 1.29 is 36.9 Å². The number of hydrogen-bond donors (Lipinski definition) is 1. The van der Waals surface area contributed by atoms with Crippen LogP contribution in [0.5, 0.6) is 0 Å². The lowest BCUT2D eigenvalue weighted by Crippen LogP contribution is -2.55. The van der Waals surface area contributed by atoms with Crippen LogP contribution >= 0.6 is 34.1 Å². The van der Waals surface area contributed by atoms with Crippen LogP contribution in [-0.4, -0.2) is 64.0 Å². The second-order valence-electron chi connectivity index (χ2n) is 10.5. The van der Waals surface area contributed by atoms with Gasteiger partial charge < -0.3 is 18.9 Å². The molecule has 2 aliphatic rings. The number of esters is 1. The molecule has 2 aliphatic heterocycles. The fourth-order valence-electron chi connectivity index (χ4n) is 5.63. The van der Waals surface area contributed by atoms with Crippen LogP contribution in [0.2, 0.25) is 10.0 Å². The van der Waals surface area contributed by atoms with Gasteiger partial charge in [0.05, 0.1) is 41.7 Å². The van der Waals surface area contributed by atoms with Gasteiger partial charge in [-0.25, -0.2) is 33.5 Å². The van der Waals surface area contributed by atoms with Gasteiger partial charge in [0.25, 0.3) is 0 Å². The van der Waals surface area contributed by atoms with E-state index in [0.717, 1.165) is 22.6 Å². The van der Waals surface area contributed by atoms with Gasteiger partial charge in [-0.05, 0) is 42.2 Å². The molecule has 1 aromatic heterocycles. The summed E-state index contributed by atoms with van der Waals surface area (Å²) in [6.07, 6.45) is -0.450. The summed E-state index contributed by atoms with van der Waals surface area (Å²) in [6.45, 7) is 1.89. The number of benzene rings is 3. The zero-order valence-electron chi connectivity index (χ0n) is 23.8. The van der Waals surface area contributed by atoms with E-state index in [1.807, 2.05) is 42.5 Å². The van der Waals surface area contributed by atoms with Crippen molar-refractivity contribution in [3.63, 3.8) is 0 Å². The van der Waals surface area contributed by atoms with Gasteiger partial charge in [-0.15, -0.1) is 5.10 Å². The molecule has 0 radical (unpaired) electrons. The molecule has 2 fully saturated rings. The van der Waals surface area contributed by atoms with E-state index in [2.05, 4.69) is 10.3 Å². The van der Waals surface area contributed by atoms with Crippen LogP contribution in [0, 0.1) is 17.5 Å². The first kappa shape index (κ1) is 31.8. The predicted molar refractivity (Wildman–Crippen MR) is 163 cm³/mol. The highest BCUT2D eigenvalue weighted by atomic mass is 35.5. The highest BCUT2D eigenvalue weighted by molar-refractivity contribution is 8.17. The van der Waals surface area contributed by atoms with Gasteiger partial charge in [0, 0.05) is 22.1 Å². The number of rotatable bonds is 8. The molecule has 3 heterocycles. The number of fused-ring (bicyclic) bond motifs is 1. The van der Waals surface area contributed by atoms with E-state index in [1.54, 1.807) is 13.0 Å².